The number of nitrogens with zero attached hydrogens (tertiary/aromatic N) is 3. The summed E-state index contributed by atoms with van der Waals surface area (Å²) in [6.07, 6.45) is 1.85. The summed E-state index contributed by atoms with van der Waals surface area (Å²) in [5.74, 6) is 1.88. The lowest BCUT2D eigenvalue weighted by molar-refractivity contribution is 0.112. The second-order valence-electron chi connectivity index (χ2n) is 4.76. The van der Waals surface area contributed by atoms with Crippen molar-refractivity contribution in [3.63, 3.8) is 0 Å². The molecule has 1 aromatic rings. The Kier molecular flexibility index (Phi) is 3.33. The summed E-state index contributed by atoms with van der Waals surface area (Å²) in [7, 11) is 0. The van der Waals surface area contributed by atoms with Gasteiger partial charge in [0, 0.05) is 12.6 Å². The Morgan fingerprint density at radius 2 is 2.12 bits per heavy atom. The van der Waals surface area contributed by atoms with Crippen LogP contribution in [0.1, 0.15) is 36.5 Å². The lowest BCUT2D eigenvalue weighted by atomic mass is 10.1. The molecule has 1 fully saturated rings. The van der Waals surface area contributed by atoms with E-state index in [-0.39, 0.29) is 5.15 Å². The number of aromatic nitrogens is 2. The Labute approximate surface area is 106 Å². The van der Waals surface area contributed by atoms with Gasteiger partial charge in [-0.25, -0.2) is 9.97 Å². The summed E-state index contributed by atoms with van der Waals surface area (Å²) in [4.78, 5) is 21.6. The van der Waals surface area contributed by atoms with Crippen molar-refractivity contribution >= 4 is 23.7 Å². The van der Waals surface area contributed by atoms with E-state index in [1.165, 1.54) is 0 Å². The average Bonchev–Trinajstić information content (AvgIpc) is 2.56. The van der Waals surface area contributed by atoms with Crippen LogP contribution in [-0.4, -0.2) is 28.8 Å². The van der Waals surface area contributed by atoms with Gasteiger partial charge in [0.25, 0.3) is 0 Å². The van der Waals surface area contributed by atoms with Gasteiger partial charge in [-0.2, -0.15) is 0 Å². The van der Waals surface area contributed by atoms with Crippen LogP contribution in [-0.2, 0) is 0 Å². The van der Waals surface area contributed by atoms with E-state index < -0.39 is 0 Å². The molecule has 0 saturated carbocycles. The van der Waals surface area contributed by atoms with Crippen molar-refractivity contribution in [2.45, 2.75) is 33.2 Å². The molecule has 92 valence electrons. The molecule has 2 atom stereocenters. The Morgan fingerprint density at radius 3 is 2.65 bits per heavy atom. The van der Waals surface area contributed by atoms with Gasteiger partial charge in [-0.15, -0.1) is 0 Å². The van der Waals surface area contributed by atoms with E-state index in [0.717, 1.165) is 19.3 Å². The van der Waals surface area contributed by atoms with Gasteiger partial charge < -0.3 is 4.90 Å². The summed E-state index contributed by atoms with van der Waals surface area (Å²) in [6.45, 7) is 7.04. The Balaban J connectivity index is 2.47. The van der Waals surface area contributed by atoms with Crippen molar-refractivity contribution in [2.75, 3.05) is 11.4 Å². The quantitative estimate of drug-likeness (QED) is 0.600. The third-order valence-corrected chi connectivity index (χ3v) is 3.45. The zero-order valence-electron chi connectivity index (χ0n) is 10.3. The molecule has 1 aliphatic heterocycles. The maximum Gasteiger partial charge on any atom is 0.156 e. The Bertz CT molecular complexity index is 450. The molecule has 2 heterocycles. The third-order valence-electron chi connectivity index (χ3n) is 3.16. The van der Waals surface area contributed by atoms with E-state index >= 15 is 0 Å². The predicted octanol–water partition coefficient (Wildman–Crippen LogP) is 2.49. The molecule has 2 unspecified atom stereocenters. The van der Waals surface area contributed by atoms with Crippen LogP contribution < -0.4 is 4.90 Å². The molecule has 0 bridgehead atoms. The summed E-state index contributed by atoms with van der Waals surface area (Å²) in [5.41, 5.74) is 0.401. The van der Waals surface area contributed by atoms with Crippen molar-refractivity contribution in [2.24, 2.45) is 5.92 Å². The van der Waals surface area contributed by atoms with Crippen LogP contribution >= 0.6 is 11.6 Å². The van der Waals surface area contributed by atoms with Gasteiger partial charge >= 0.3 is 0 Å². The highest BCUT2D eigenvalue weighted by Gasteiger charge is 2.29. The van der Waals surface area contributed by atoms with Crippen molar-refractivity contribution < 1.29 is 4.79 Å². The Morgan fingerprint density at radius 1 is 1.41 bits per heavy atom. The van der Waals surface area contributed by atoms with Crippen molar-refractivity contribution in [3.05, 3.63) is 16.5 Å². The SMILES string of the molecule is Cc1nc(Cl)c(C=O)c(N2CC(C)CC2C)n1. The molecule has 17 heavy (non-hydrogen) atoms. The molecule has 0 N–H and O–H groups in total. The Hall–Kier alpha value is -1.16. The van der Waals surface area contributed by atoms with Gasteiger partial charge in [0.1, 0.15) is 16.8 Å². The number of carbonyl (C=O) groups is 1. The first-order valence-electron chi connectivity index (χ1n) is 5.79. The monoisotopic (exact) mass is 253 g/mol. The lowest BCUT2D eigenvalue weighted by Crippen LogP contribution is -2.29. The fourth-order valence-electron chi connectivity index (χ4n) is 2.45. The van der Waals surface area contributed by atoms with Crippen LogP contribution in [0.15, 0.2) is 0 Å². The molecule has 1 saturated heterocycles. The average molecular weight is 254 g/mol. The van der Waals surface area contributed by atoms with Crippen LogP contribution in [0, 0.1) is 12.8 Å². The maximum absolute atomic E-state index is 11.1. The van der Waals surface area contributed by atoms with Gasteiger partial charge in [-0.1, -0.05) is 18.5 Å². The summed E-state index contributed by atoms with van der Waals surface area (Å²) >= 11 is 5.99. The van der Waals surface area contributed by atoms with Crippen molar-refractivity contribution in [1.82, 2.24) is 9.97 Å². The summed E-state index contributed by atoms with van der Waals surface area (Å²) in [6, 6.07) is 0.383. The van der Waals surface area contributed by atoms with Crippen LogP contribution in [0.25, 0.3) is 0 Å². The van der Waals surface area contributed by atoms with E-state index in [0.29, 0.717) is 29.2 Å². The third kappa shape index (κ3) is 2.27. The zero-order valence-corrected chi connectivity index (χ0v) is 11.0. The van der Waals surface area contributed by atoms with Crippen LogP contribution in [0.2, 0.25) is 5.15 Å². The highest BCUT2D eigenvalue weighted by atomic mass is 35.5. The molecule has 4 nitrogen and oxygen atoms in total. The number of halogens is 1. The number of hydrogen-bond donors (Lipinski definition) is 0. The normalized spacial score (nSPS) is 24.1. The van der Waals surface area contributed by atoms with Crippen molar-refractivity contribution in [3.8, 4) is 0 Å². The van der Waals surface area contributed by atoms with Gasteiger partial charge in [-0.05, 0) is 26.2 Å². The van der Waals surface area contributed by atoms with E-state index in [1.807, 2.05) is 0 Å². The predicted molar refractivity (Wildman–Crippen MR) is 67.8 cm³/mol. The molecule has 0 aromatic carbocycles. The highest BCUT2D eigenvalue weighted by molar-refractivity contribution is 6.32. The van der Waals surface area contributed by atoms with Gasteiger partial charge in [0.05, 0.1) is 5.56 Å². The molecule has 5 heteroatoms. The standard InChI is InChI=1S/C12H16ClN3O/c1-7-4-8(2)16(5-7)12-10(6-17)11(13)14-9(3)15-12/h6-8H,4-5H2,1-3H3. The second kappa shape index (κ2) is 4.61. The first-order valence-corrected chi connectivity index (χ1v) is 6.16. The highest BCUT2D eigenvalue weighted by Crippen LogP contribution is 2.31. The van der Waals surface area contributed by atoms with Crippen LogP contribution in [0.4, 0.5) is 5.82 Å². The minimum Gasteiger partial charge on any atom is -0.353 e. The number of aryl methyl sites for hydroxylation is 1. The number of rotatable bonds is 2. The molecular formula is C12H16ClN3O. The molecule has 0 radical (unpaired) electrons. The zero-order chi connectivity index (χ0) is 12.6. The van der Waals surface area contributed by atoms with Crippen molar-refractivity contribution in [1.29, 1.82) is 0 Å². The lowest BCUT2D eigenvalue weighted by Gasteiger charge is -2.24. The molecule has 2 rings (SSSR count). The van der Waals surface area contributed by atoms with E-state index in [4.69, 9.17) is 11.6 Å². The summed E-state index contributed by atoms with van der Waals surface area (Å²) in [5, 5.41) is 0.245. The van der Waals surface area contributed by atoms with E-state index in [1.54, 1.807) is 6.92 Å². The first-order chi connectivity index (χ1) is 8.02. The maximum atomic E-state index is 11.1. The van der Waals surface area contributed by atoms with E-state index in [9.17, 15) is 4.79 Å². The molecule has 1 aromatic heterocycles. The largest absolute Gasteiger partial charge is 0.353 e. The minimum absolute atomic E-state index is 0.245. The molecule has 0 spiro atoms. The molecule has 1 aliphatic rings. The first kappa shape index (κ1) is 12.3. The molecule has 0 amide bonds. The number of aldehydes is 1. The van der Waals surface area contributed by atoms with Crippen LogP contribution in [0.3, 0.4) is 0 Å². The van der Waals surface area contributed by atoms with Gasteiger partial charge in [0.2, 0.25) is 0 Å². The second-order valence-corrected chi connectivity index (χ2v) is 5.12. The van der Waals surface area contributed by atoms with Gasteiger partial charge in [-0.3, -0.25) is 4.79 Å². The fourth-order valence-corrected chi connectivity index (χ4v) is 2.70. The summed E-state index contributed by atoms with van der Waals surface area (Å²) < 4.78 is 0. The molecular weight excluding hydrogens is 238 g/mol. The van der Waals surface area contributed by atoms with Crippen LogP contribution in [0.5, 0.6) is 0 Å². The smallest absolute Gasteiger partial charge is 0.156 e. The fraction of sp³-hybridized carbons (Fsp3) is 0.583. The molecule has 0 aliphatic carbocycles. The van der Waals surface area contributed by atoms with Gasteiger partial charge in [0.15, 0.2) is 6.29 Å². The number of carbonyl (C=O) groups excluding carboxylic acids is 1. The topological polar surface area (TPSA) is 46.1 Å². The number of hydrogen-bond acceptors (Lipinski definition) is 4. The number of anilines is 1. The minimum atomic E-state index is 0.245. The van der Waals surface area contributed by atoms with E-state index in [2.05, 4.69) is 28.7 Å².